The Hall–Kier alpha value is -2.69. The van der Waals surface area contributed by atoms with E-state index in [2.05, 4.69) is 4.99 Å². The summed E-state index contributed by atoms with van der Waals surface area (Å²) in [6, 6.07) is 3.83. The van der Waals surface area contributed by atoms with Crippen molar-refractivity contribution in [1.29, 1.82) is 0 Å². The number of rotatable bonds is 1. The molecule has 2 bridgehead atoms. The van der Waals surface area contributed by atoms with Crippen LogP contribution in [0.2, 0.25) is 0 Å². The van der Waals surface area contributed by atoms with E-state index in [1.165, 1.54) is 26.0 Å². The first-order valence-corrected chi connectivity index (χ1v) is 12.9. The number of amides is 2. The van der Waals surface area contributed by atoms with E-state index in [0.29, 0.717) is 4.90 Å². The number of imide groups is 1. The van der Waals surface area contributed by atoms with Crippen molar-refractivity contribution in [2.75, 3.05) is 5.73 Å². The summed E-state index contributed by atoms with van der Waals surface area (Å²) in [6.45, 7) is 12.5. The van der Waals surface area contributed by atoms with Gasteiger partial charge in [0.2, 0.25) is 0 Å². The van der Waals surface area contributed by atoms with E-state index in [4.69, 9.17) is 15.2 Å². The number of nitrogens with zero attached hydrogens (tertiary/aromatic N) is 2. The summed E-state index contributed by atoms with van der Waals surface area (Å²) in [4.78, 5) is 31.8. The number of ether oxygens (including phenoxy) is 2. The van der Waals surface area contributed by atoms with E-state index in [1.54, 1.807) is 41.5 Å². The highest BCUT2D eigenvalue weighted by Gasteiger charge is 2.66. The molecule has 194 valence electrons. The molecule has 2 N–H and O–H groups in total. The number of fused-ring (bicyclic) bond motifs is 2. The maximum absolute atomic E-state index is 15.0. The number of nitrogens with two attached hydrogens (primary N) is 1. The SMILES string of the molecule is CC(C)(C)OC(=O)N(C(=O)OC(C)(C)C)C1=N[C@](C)(c2cc(N)ccc2F)[C@H]2CC[C@]1(C)S2(=O)=O. The summed E-state index contributed by atoms with van der Waals surface area (Å²) in [5.74, 6) is -1.06. The summed E-state index contributed by atoms with van der Waals surface area (Å²) in [5.41, 5.74) is 2.40. The first-order valence-electron chi connectivity index (χ1n) is 11.4. The zero-order valence-corrected chi connectivity index (χ0v) is 22.2. The minimum Gasteiger partial charge on any atom is -0.443 e. The Kier molecular flexibility index (Phi) is 6.29. The fourth-order valence-electron chi connectivity index (χ4n) is 4.56. The van der Waals surface area contributed by atoms with Crippen molar-refractivity contribution >= 4 is 33.5 Å². The minimum atomic E-state index is -4.06. The van der Waals surface area contributed by atoms with E-state index in [9.17, 15) is 18.0 Å². The van der Waals surface area contributed by atoms with Gasteiger partial charge in [0.15, 0.2) is 9.84 Å². The van der Waals surface area contributed by atoms with Crippen molar-refractivity contribution in [2.45, 2.75) is 95.0 Å². The fraction of sp³-hybridized carbons (Fsp3) is 0.625. The number of nitrogen functional groups attached to an aromatic ring is 1. The Balaban J connectivity index is 2.32. The van der Waals surface area contributed by atoms with Gasteiger partial charge < -0.3 is 15.2 Å². The van der Waals surface area contributed by atoms with Crippen LogP contribution in [0.5, 0.6) is 0 Å². The second-order valence-electron chi connectivity index (χ2n) is 11.4. The maximum atomic E-state index is 15.0. The molecular formula is C24H34FN3O6S. The number of carbonyl (C=O) groups excluding carboxylic acids is 2. The van der Waals surface area contributed by atoms with Gasteiger partial charge in [-0.3, -0.25) is 4.99 Å². The van der Waals surface area contributed by atoms with Crippen molar-refractivity contribution < 1.29 is 31.9 Å². The molecule has 35 heavy (non-hydrogen) atoms. The normalized spacial score (nSPS) is 27.7. The molecule has 2 aliphatic heterocycles. The van der Waals surface area contributed by atoms with E-state index >= 15 is 4.39 Å². The van der Waals surface area contributed by atoms with Gasteiger partial charge >= 0.3 is 12.2 Å². The quantitative estimate of drug-likeness (QED) is 0.548. The summed E-state index contributed by atoms with van der Waals surface area (Å²) in [5, 5.41) is -1.08. The standard InChI is InChI=1S/C24H34FN3O6S/c1-21(2,3)33-19(29)28(20(30)34-22(4,5)6)18-23(7)12-11-17(35(23,31)32)24(8,27-18)15-13-14(26)9-10-16(15)25/h9-10,13,17H,11-12,26H2,1-8H3/t17-,23+,24-/m1/s1. The molecule has 3 rings (SSSR count). The average Bonchev–Trinajstić information content (AvgIpc) is 2.82. The van der Waals surface area contributed by atoms with Crippen LogP contribution in [0.15, 0.2) is 23.2 Å². The Bertz CT molecular complexity index is 1170. The van der Waals surface area contributed by atoms with Crippen molar-refractivity contribution in [2.24, 2.45) is 4.99 Å². The van der Waals surface area contributed by atoms with Gasteiger partial charge in [-0.25, -0.2) is 22.4 Å². The van der Waals surface area contributed by atoms with Crippen LogP contribution in [-0.2, 0) is 24.8 Å². The van der Waals surface area contributed by atoms with Gasteiger partial charge in [-0.2, -0.15) is 4.90 Å². The number of anilines is 1. The van der Waals surface area contributed by atoms with E-state index in [0.717, 1.165) is 6.07 Å². The van der Waals surface area contributed by atoms with Gasteiger partial charge in [0.25, 0.3) is 0 Å². The van der Waals surface area contributed by atoms with Crippen LogP contribution < -0.4 is 5.73 Å². The molecule has 0 aliphatic carbocycles. The highest BCUT2D eigenvalue weighted by molar-refractivity contribution is 7.94. The summed E-state index contributed by atoms with van der Waals surface area (Å²) in [6.07, 6.45) is -2.06. The Morgan fingerprint density at radius 1 is 1.09 bits per heavy atom. The molecule has 1 fully saturated rings. The molecular weight excluding hydrogens is 477 g/mol. The van der Waals surface area contributed by atoms with Crippen molar-refractivity contribution in [3.8, 4) is 0 Å². The third-order valence-electron chi connectivity index (χ3n) is 6.22. The molecule has 0 spiro atoms. The summed E-state index contributed by atoms with van der Waals surface area (Å²) >= 11 is 0. The zero-order chi connectivity index (χ0) is 26.8. The lowest BCUT2D eigenvalue weighted by molar-refractivity contribution is 0.0139. The molecule has 0 unspecified atom stereocenters. The molecule has 3 atom stereocenters. The molecule has 2 aliphatic rings. The third-order valence-corrected chi connectivity index (χ3v) is 9.31. The molecule has 0 aromatic heterocycles. The number of hydrogen-bond donors (Lipinski definition) is 1. The third kappa shape index (κ3) is 4.62. The molecule has 0 saturated carbocycles. The van der Waals surface area contributed by atoms with Crippen LogP contribution in [-0.4, -0.2) is 52.5 Å². The van der Waals surface area contributed by atoms with Crippen LogP contribution in [0.1, 0.15) is 73.8 Å². The van der Waals surface area contributed by atoms with Crippen LogP contribution >= 0.6 is 0 Å². The average molecular weight is 512 g/mol. The predicted molar refractivity (Wildman–Crippen MR) is 130 cm³/mol. The van der Waals surface area contributed by atoms with Crippen LogP contribution in [0.3, 0.4) is 0 Å². The molecule has 9 nitrogen and oxygen atoms in total. The van der Waals surface area contributed by atoms with E-state index < -0.39 is 54.6 Å². The molecule has 2 amide bonds. The number of hydrogen-bond acceptors (Lipinski definition) is 8. The fourth-order valence-corrected chi connectivity index (χ4v) is 7.20. The zero-order valence-electron chi connectivity index (χ0n) is 21.4. The summed E-state index contributed by atoms with van der Waals surface area (Å²) in [7, 11) is -4.06. The minimum absolute atomic E-state index is 0.0409. The molecule has 11 heteroatoms. The monoisotopic (exact) mass is 511 g/mol. The Morgan fingerprint density at radius 3 is 2.09 bits per heavy atom. The first kappa shape index (κ1) is 26.9. The van der Waals surface area contributed by atoms with Gasteiger partial charge in [-0.1, -0.05) is 0 Å². The van der Waals surface area contributed by atoms with Crippen LogP contribution in [0.4, 0.5) is 19.7 Å². The van der Waals surface area contributed by atoms with Gasteiger partial charge in [0.05, 0.1) is 5.25 Å². The highest BCUT2D eigenvalue weighted by atomic mass is 32.2. The molecule has 2 heterocycles. The van der Waals surface area contributed by atoms with Crippen molar-refractivity contribution in [3.05, 3.63) is 29.6 Å². The Morgan fingerprint density at radius 2 is 1.60 bits per heavy atom. The molecule has 1 saturated heterocycles. The number of aliphatic imine (C=N–C) groups is 1. The predicted octanol–water partition coefficient (Wildman–Crippen LogP) is 4.54. The molecule has 0 radical (unpaired) electrons. The van der Waals surface area contributed by atoms with Gasteiger partial charge in [0, 0.05) is 11.3 Å². The van der Waals surface area contributed by atoms with Crippen molar-refractivity contribution in [3.63, 3.8) is 0 Å². The van der Waals surface area contributed by atoms with E-state index in [1.807, 2.05) is 0 Å². The highest BCUT2D eigenvalue weighted by Crippen LogP contribution is 2.53. The lowest BCUT2D eigenvalue weighted by Gasteiger charge is -2.42. The maximum Gasteiger partial charge on any atom is 0.425 e. The number of halogens is 1. The number of carbonyl (C=O) groups is 2. The lowest BCUT2D eigenvalue weighted by Crippen LogP contribution is -2.61. The van der Waals surface area contributed by atoms with E-state index in [-0.39, 0.29) is 29.9 Å². The van der Waals surface area contributed by atoms with Gasteiger partial charge in [-0.05, 0) is 86.4 Å². The number of amidine groups is 1. The van der Waals surface area contributed by atoms with Gasteiger partial charge in [0.1, 0.15) is 33.1 Å². The summed E-state index contributed by atoms with van der Waals surface area (Å²) < 4.78 is 51.9. The number of sulfone groups is 1. The number of benzene rings is 1. The first-order chi connectivity index (χ1) is 15.7. The molecule has 1 aromatic rings. The largest absolute Gasteiger partial charge is 0.443 e. The molecule has 1 aromatic carbocycles. The second kappa shape index (κ2) is 8.18. The van der Waals surface area contributed by atoms with Gasteiger partial charge in [-0.15, -0.1) is 0 Å². The van der Waals surface area contributed by atoms with Crippen LogP contribution in [0.25, 0.3) is 0 Å². The van der Waals surface area contributed by atoms with Crippen molar-refractivity contribution in [1.82, 2.24) is 4.90 Å². The smallest absolute Gasteiger partial charge is 0.425 e. The lowest BCUT2D eigenvalue weighted by atomic mass is 9.86. The topological polar surface area (TPSA) is 128 Å². The van der Waals surface area contributed by atoms with Crippen LogP contribution in [0, 0.1) is 5.82 Å². The second-order valence-corrected chi connectivity index (χ2v) is 14.0. The Labute approximate surface area is 205 Å².